The van der Waals surface area contributed by atoms with Gasteiger partial charge in [-0.05, 0) is 45.9 Å². The number of hydrogen-bond acceptors (Lipinski definition) is 4. The van der Waals surface area contributed by atoms with Crippen LogP contribution in [0.4, 0.5) is 10.5 Å². The molecule has 0 aliphatic carbocycles. The van der Waals surface area contributed by atoms with Crippen LogP contribution in [0.3, 0.4) is 0 Å². The van der Waals surface area contributed by atoms with Gasteiger partial charge in [0.2, 0.25) is 0 Å². The van der Waals surface area contributed by atoms with Crippen LogP contribution in [0.2, 0.25) is 0 Å². The van der Waals surface area contributed by atoms with Crippen LogP contribution in [-0.4, -0.2) is 21.7 Å². The lowest BCUT2D eigenvalue weighted by molar-refractivity contribution is 0.0541. The molecule has 0 saturated carbocycles. The van der Waals surface area contributed by atoms with E-state index in [1.54, 1.807) is 0 Å². The number of amides is 1. The fourth-order valence-electron chi connectivity index (χ4n) is 1.64. The smallest absolute Gasteiger partial charge is 0.426 e. The summed E-state index contributed by atoms with van der Waals surface area (Å²) in [5.74, 6) is 0.854. The average molecular weight is 262 g/mol. The summed E-state index contributed by atoms with van der Waals surface area (Å²) in [6, 6.07) is 5.59. The van der Waals surface area contributed by atoms with E-state index in [-0.39, 0.29) is 0 Å². The monoisotopic (exact) mass is 262 g/mol. The van der Waals surface area contributed by atoms with Crippen molar-refractivity contribution in [1.82, 2.24) is 15.4 Å². The lowest BCUT2D eigenvalue weighted by Crippen LogP contribution is -2.35. The summed E-state index contributed by atoms with van der Waals surface area (Å²) in [5, 5.41) is 0. The molecule has 1 heterocycles. The van der Waals surface area contributed by atoms with E-state index in [1.165, 1.54) is 0 Å². The van der Waals surface area contributed by atoms with Gasteiger partial charge in [-0.2, -0.15) is 0 Å². The Balaban J connectivity index is 1.99. The van der Waals surface area contributed by atoms with Crippen molar-refractivity contribution < 1.29 is 9.53 Å². The molecule has 2 aromatic rings. The number of benzene rings is 1. The molecular weight excluding hydrogens is 244 g/mol. The van der Waals surface area contributed by atoms with E-state index in [0.717, 1.165) is 22.5 Å². The van der Waals surface area contributed by atoms with E-state index in [9.17, 15) is 4.79 Å². The molecule has 0 aliphatic rings. The van der Waals surface area contributed by atoms with Gasteiger partial charge in [0.05, 0.1) is 16.7 Å². The highest BCUT2D eigenvalue weighted by molar-refractivity contribution is 5.80. The van der Waals surface area contributed by atoms with Crippen LogP contribution in [0.15, 0.2) is 18.2 Å². The number of nitrogens with one attached hydrogen (secondary N) is 3. The summed E-state index contributed by atoms with van der Waals surface area (Å²) < 4.78 is 5.12. The Morgan fingerprint density at radius 2 is 2.11 bits per heavy atom. The maximum absolute atomic E-state index is 11.5. The van der Waals surface area contributed by atoms with Crippen molar-refractivity contribution in [3.8, 4) is 0 Å². The number of aromatic nitrogens is 2. The topological polar surface area (TPSA) is 79.0 Å². The molecule has 0 bridgehead atoms. The lowest BCUT2D eigenvalue weighted by atomic mass is 10.2. The molecule has 0 unspecified atom stereocenters. The third-order valence-corrected chi connectivity index (χ3v) is 2.31. The highest BCUT2D eigenvalue weighted by Crippen LogP contribution is 2.16. The number of anilines is 1. The summed E-state index contributed by atoms with van der Waals surface area (Å²) in [5.41, 5.74) is 7.29. The highest BCUT2D eigenvalue weighted by Gasteiger charge is 2.15. The van der Waals surface area contributed by atoms with Gasteiger partial charge in [0.25, 0.3) is 0 Å². The van der Waals surface area contributed by atoms with Gasteiger partial charge in [0, 0.05) is 0 Å². The fourth-order valence-corrected chi connectivity index (χ4v) is 1.64. The maximum atomic E-state index is 11.5. The molecule has 3 N–H and O–H groups in total. The van der Waals surface area contributed by atoms with Gasteiger partial charge in [-0.3, -0.25) is 5.43 Å². The maximum Gasteiger partial charge on any atom is 0.426 e. The second kappa shape index (κ2) is 4.79. The van der Waals surface area contributed by atoms with Crippen molar-refractivity contribution in [1.29, 1.82) is 0 Å². The first-order valence-electron chi connectivity index (χ1n) is 6.05. The SMILES string of the molecule is Cc1nc2cc(NNC(=O)OC(C)(C)C)ccc2[nH]1. The number of hydrazine groups is 1. The minimum Gasteiger partial charge on any atom is -0.443 e. The standard InChI is InChI=1S/C13H18N4O2/c1-8-14-10-6-5-9(7-11(10)15-8)16-17-12(18)19-13(2,3)4/h5-7,16H,1-4H3,(H,14,15)(H,17,18). The van der Waals surface area contributed by atoms with Crippen molar-refractivity contribution in [2.75, 3.05) is 5.43 Å². The normalized spacial score (nSPS) is 11.4. The van der Waals surface area contributed by atoms with Gasteiger partial charge in [0.1, 0.15) is 11.4 Å². The van der Waals surface area contributed by atoms with Crippen LogP contribution < -0.4 is 10.9 Å². The van der Waals surface area contributed by atoms with Gasteiger partial charge >= 0.3 is 6.09 Å². The van der Waals surface area contributed by atoms with Gasteiger partial charge < -0.3 is 9.72 Å². The number of hydrogen-bond donors (Lipinski definition) is 3. The third-order valence-electron chi connectivity index (χ3n) is 2.31. The molecule has 0 radical (unpaired) electrons. The molecule has 19 heavy (non-hydrogen) atoms. The zero-order valence-corrected chi connectivity index (χ0v) is 11.5. The lowest BCUT2D eigenvalue weighted by Gasteiger charge is -2.20. The van der Waals surface area contributed by atoms with E-state index in [4.69, 9.17) is 4.74 Å². The molecule has 0 saturated heterocycles. The Labute approximate surface area is 111 Å². The largest absolute Gasteiger partial charge is 0.443 e. The van der Waals surface area contributed by atoms with Crippen LogP contribution in [0.25, 0.3) is 11.0 Å². The van der Waals surface area contributed by atoms with Gasteiger partial charge in [0.15, 0.2) is 0 Å². The molecule has 0 aliphatic heterocycles. The Morgan fingerprint density at radius 1 is 1.37 bits per heavy atom. The molecular formula is C13H18N4O2. The summed E-state index contributed by atoms with van der Waals surface area (Å²) in [4.78, 5) is 18.9. The van der Waals surface area contributed by atoms with E-state index >= 15 is 0 Å². The van der Waals surface area contributed by atoms with Crippen molar-refractivity contribution in [2.45, 2.75) is 33.3 Å². The minimum atomic E-state index is -0.522. The number of nitrogens with zero attached hydrogens (tertiary/aromatic N) is 1. The molecule has 6 heteroatoms. The quantitative estimate of drug-likeness (QED) is 0.727. The average Bonchev–Trinajstić information content (AvgIpc) is 2.63. The van der Waals surface area contributed by atoms with E-state index < -0.39 is 11.7 Å². The highest BCUT2D eigenvalue weighted by atomic mass is 16.6. The number of imidazole rings is 1. The Bertz CT molecular complexity index is 598. The molecule has 0 atom stereocenters. The van der Waals surface area contributed by atoms with Gasteiger partial charge in [-0.25, -0.2) is 15.2 Å². The molecule has 0 spiro atoms. The second-order valence-electron chi connectivity index (χ2n) is 5.31. The van der Waals surface area contributed by atoms with Crippen molar-refractivity contribution in [2.24, 2.45) is 0 Å². The van der Waals surface area contributed by atoms with E-state index in [0.29, 0.717) is 0 Å². The first-order valence-corrected chi connectivity index (χ1v) is 6.05. The van der Waals surface area contributed by atoms with Crippen molar-refractivity contribution in [3.05, 3.63) is 24.0 Å². The third kappa shape index (κ3) is 3.61. The van der Waals surface area contributed by atoms with Crippen LogP contribution >= 0.6 is 0 Å². The predicted molar refractivity (Wildman–Crippen MR) is 73.8 cm³/mol. The number of ether oxygens (including phenoxy) is 1. The van der Waals surface area contributed by atoms with Crippen LogP contribution in [0, 0.1) is 6.92 Å². The molecule has 102 valence electrons. The Morgan fingerprint density at radius 3 is 2.79 bits per heavy atom. The van der Waals surface area contributed by atoms with Gasteiger partial charge in [-0.15, -0.1) is 0 Å². The number of fused-ring (bicyclic) bond motifs is 1. The van der Waals surface area contributed by atoms with Crippen molar-refractivity contribution >= 4 is 22.8 Å². The first-order chi connectivity index (χ1) is 8.83. The van der Waals surface area contributed by atoms with Crippen molar-refractivity contribution in [3.63, 3.8) is 0 Å². The molecule has 1 aromatic heterocycles. The molecule has 1 amide bonds. The minimum absolute atomic E-state index is 0.519. The number of rotatable bonds is 2. The molecule has 1 aromatic carbocycles. The zero-order chi connectivity index (χ0) is 14.0. The van der Waals surface area contributed by atoms with Crippen LogP contribution in [0.5, 0.6) is 0 Å². The number of aryl methyl sites for hydroxylation is 1. The Hall–Kier alpha value is -2.24. The van der Waals surface area contributed by atoms with E-state index in [2.05, 4.69) is 20.8 Å². The fraction of sp³-hybridized carbons (Fsp3) is 0.385. The number of aromatic amines is 1. The number of carbonyl (C=O) groups is 1. The molecule has 6 nitrogen and oxygen atoms in total. The van der Waals surface area contributed by atoms with Crippen LogP contribution in [-0.2, 0) is 4.74 Å². The Kier molecular flexibility index (Phi) is 3.33. The molecule has 0 fully saturated rings. The number of carbonyl (C=O) groups excluding carboxylic acids is 1. The zero-order valence-electron chi connectivity index (χ0n) is 11.5. The van der Waals surface area contributed by atoms with Gasteiger partial charge in [-0.1, -0.05) is 0 Å². The first kappa shape index (κ1) is 13.2. The van der Waals surface area contributed by atoms with E-state index in [1.807, 2.05) is 45.9 Å². The summed E-state index contributed by atoms with van der Waals surface area (Å²) in [7, 11) is 0. The number of H-pyrrole nitrogens is 1. The molecule has 2 rings (SSSR count). The van der Waals surface area contributed by atoms with Crippen LogP contribution in [0.1, 0.15) is 26.6 Å². The second-order valence-corrected chi connectivity index (χ2v) is 5.31. The summed E-state index contributed by atoms with van der Waals surface area (Å²) >= 11 is 0. The summed E-state index contributed by atoms with van der Waals surface area (Å²) in [6.07, 6.45) is -0.522. The predicted octanol–water partition coefficient (Wildman–Crippen LogP) is 2.72. The summed E-state index contributed by atoms with van der Waals surface area (Å²) in [6.45, 7) is 7.33.